The molecule has 0 aliphatic carbocycles. The molecule has 2 N–H and O–H groups in total. The second-order valence-electron chi connectivity index (χ2n) is 4.63. The largest absolute Gasteiger partial charge is 0.353 e. The smallest absolute Gasteiger partial charge is 0.243 e. The summed E-state index contributed by atoms with van der Waals surface area (Å²) in [4.78, 5) is 25.8. The van der Waals surface area contributed by atoms with Crippen LogP contribution in [0.2, 0.25) is 0 Å². The van der Waals surface area contributed by atoms with Crippen LogP contribution in [0.5, 0.6) is 0 Å². The zero-order valence-electron chi connectivity index (χ0n) is 11.9. The van der Waals surface area contributed by atoms with Gasteiger partial charge in [-0.25, -0.2) is 0 Å². The molecule has 1 heterocycles. The Bertz CT molecular complexity index is 300. The van der Waals surface area contributed by atoms with Crippen LogP contribution < -0.4 is 10.6 Å². The van der Waals surface area contributed by atoms with E-state index in [0.29, 0.717) is 24.6 Å². The van der Waals surface area contributed by atoms with Crippen LogP contribution in [-0.4, -0.2) is 54.0 Å². The summed E-state index contributed by atoms with van der Waals surface area (Å²) in [6, 6.07) is -0.281. The second-order valence-corrected chi connectivity index (χ2v) is 5.63. The Kier molecular flexibility index (Phi) is 7.90. The molecule has 0 bridgehead atoms. The van der Waals surface area contributed by atoms with Gasteiger partial charge < -0.3 is 15.5 Å². The summed E-state index contributed by atoms with van der Waals surface area (Å²) in [6.45, 7) is 6.38. The maximum absolute atomic E-state index is 12.1. The highest BCUT2D eigenvalue weighted by Crippen LogP contribution is 2.22. The predicted molar refractivity (Wildman–Crippen MR) is 79.0 cm³/mol. The van der Waals surface area contributed by atoms with E-state index in [1.807, 2.05) is 6.92 Å². The van der Waals surface area contributed by atoms with Crippen LogP contribution in [0, 0.1) is 0 Å². The quantitative estimate of drug-likeness (QED) is 0.648. The summed E-state index contributed by atoms with van der Waals surface area (Å²) in [5.74, 6) is 1.45. The molecule has 0 aromatic carbocycles. The van der Waals surface area contributed by atoms with Crippen molar-refractivity contribution in [3.63, 3.8) is 0 Å². The Morgan fingerprint density at radius 2 is 2.11 bits per heavy atom. The number of nitrogens with zero attached hydrogens (tertiary/aromatic N) is 1. The van der Waals surface area contributed by atoms with Gasteiger partial charge in [-0.05, 0) is 13.0 Å². The molecule has 1 aliphatic rings. The van der Waals surface area contributed by atoms with Gasteiger partial charge >= 0.3 is 0 Å². The zero-order chi connectivity index (χ0) is 14.1. The van der Waals surface area contributed by atoms with Crippen LogP contribution in [0.4, 0.5) is 0 Å². The number of amides is 2. The van der Waals surface area contributed by atoms with Crippen molar-refractivity contribution in [2.45, 2.75) is 39.2 Å². The molecule has 0 spiro atoms. The highest BCUT2D eigenvalue weighted by Gasteiger charge is 2.33. The third-order valence-electron chi connectivity index (χ3n) is 3.10. The molecule has 0 aromatic rings. The predicted octanol–water partition coefficient (Wildman–Crippen LogP) is 0.804. The summed E-state index contributed by atoms with van der Waals surface area (Å²) in [6.07, 6.45) is 2.46. The number of carbonyl (C=O) groups excluding carboxylic acids is 2. The molecule has 110 valence electrons. The Balaban J connectivity index is 2.37. The van der Waals surface area contributed by atoms with Gasteiger partial charge in [-0.3, -0.25) is 9.59 Å². The van der Waals surface area contributed by atoms with Crippen molar-refractivity contribution >= 4 is 23.6 Å². The monoisotopic (exact) mass is 287 g/mol. The molecule has 5 nitrogen and oxygen atoms in total. The lowest BCUT2D eigenvalue weighted by Gasteiger charge is -2.23. The Labute approximate surface area is 119 Å². The molecule has 0 radical (unpaired) electrons. The summed E-state index contributed by atoms with van der Waals surface area (Å²) in [5.41, 5.74) is 0. The topological polar surface area (TPSA) is 61.4 Å². The van der Waals surface area contributed by atoms with Crippen LogP contribution in [-0.2, 0) is 9.59 Å². The molecular weight excluding hydrogens is 262 g/mol. The molecule has 19 heavy (non-hydrogen) atoms. The van der Waals surface area contributed by atoms with E-state index in [4.69, 9.17) is 0 Å². The van der Waals surface area contributed by atoms with E-state index >= 15 is 0 Å². The molecule has 1 aliphatic heterocycles. The fourth-order valence-corrected chi connectivity index (χ4v) is 3.13. The van der Waals surface area contributed by atoms with Crippen molar-refractivity contribution in [2.24, 2.45) is 0 Å². The minimum absolute atomic E-state index is 0.0206. The lowest BCUT2D eigenvalue weighted by molar-refractivity contribution is -0.138. The molecule has 1 unspecified atom stereocenters. The molecular formula is C13H25N3O2S. The van der Waals surface area contributed by atoms with Gasteiger partial charge in [0.1, 0.15) is 6.04 Å². The average Bonchev–Trinajstić information content (AvgIpc) is 2.90. The van der Waals surface area contributed by atoms with Crippen LogP contribution in [0.1, 0.15) is 33.1 Å². The molecule has 6 heteroatoms. The number of hydrogen-bond acceptors (Lipinski definition) is 4. The third-order valence-corrected chi connectivity index (χ3v) is 4.11. The number of rotatable bonds is 8. The average molecular weight is 287 g/mol. The van der Waals surface area contributed by atoms with E-state index in [-0.39, 0.29) is 17.9 Å². The molecule has 0 aromatic heterocycles. The minimum atomic E-state index is -0.281. The third kappa shape index (κ3) is 5.40. The fraction of sp³-hybridized carbons (Fsp3) is 0.846. The Hall–Kier alpha value is -0.750. The zero-order valence-corrected chi connectivity index (χ0v) is 12.7. The van der Waals surface area contributed by atoms with Gasteiger partial charge in [0.25, 0.3) is 0 Å². The van der Waals surface area contributed by atoms with Crippen molar-refractivity contribution < 1.29 is 9.59 Å². The Morgan fingerprint density at radius 1 is 1.32 bits per heavy atom. The first-order valence-electron chi connectivity index (χ1n) is 7.06. The van der Waals surface area contributed by atoms with Gasteiger partial charge in [0.15, 0.2) is 0 Å². The molecule has 1 rings (SSSR count). The molecule has 1 atom stereocenters. The maximum atomic E-state index is 12.1. The van der Waals surface area contributed by atoms with E-state index < -0.39 is 0 Å². The lowest BCUT2D eigenvalue weighted by Crippen LogP contribution is -2.48. The number of likely N-dealkylation sites (N-methyl/N-ethyl adjacent to an activating group) is 1. The van der Waals surface area contributed by atoms with Crippen LogP contribution in [0.3, 0.4) is 0 Å². The van der Waals surface area contributed by atoms with Gasteiger partial charge in [0.05, 0.1) is 5.88 Å². The van der Waals surface area contributed by atoms with E-state index in [9.17, 15) is 9.59 Å². The SMILES string of the molecule is CCCCC(=O)N1CSCC1C(=O)NCCNCC. The number of unbranched alkanes of at least 4 members (excludes halogenated alkanes) is 1. The number of hydrogen-bond donors (Lipinski definition) is 2. The summed E-state index contributed by atoms with van der Waals surface area (Å²) >= 11 is 1.65. The van der Waals surface area contributed by atoms with Crippen molar-refractivity contribution in [1.29, 1.82) is 0 Å². The highest BCUT2D eigenvalue weighted by atomic mass is 32.2. The fourth-order valence-electron chi connectivity index (χ4n) is 1.95. The second kappa shape index (κ2) is 9.20. The minimum Gasteiger partial charge on any atom is -0.353 e. The van der Waals surface area contributed by atoms with Crippen molar-refractivity contribution in [2.75, 3.05) is 31.3 Å². The lowest BCUT2D eigenvalue weighted by atomic mass is 10.2. The van der Waals surface area contributed by atoms with Gasteiger partial charge in [-0.15, -0.1) is 11.8 Å². The summed E-state index contributed by atoms with van der Waals surface area (Å²) in [7, 11) is 0. The number of nitrogens with one attached hydrogen (secondary N) is 2. The van der Waals surface area contributed by atoms with Crippen LogP contribution in [0.25, 0.3) is 0 Å². The van der Waals surface area contributed by atoms with Gasteiger partial charge in [-0.1, -0.05) is 20.3 Å². The molecule has 2 amide bonds. The van der Waals surface area contributed by atoms with Crippen LogP contribution >= 0.6 is 11.8 Å². The van der Waals surface area contributed by atoms with Crippen LogP contribution in [0.15, 0.2) is 0 Å². The first-order valence-corrected chi connectivity index (χ1v) is 8.21. The van der Waals surface area contributed by atoms with Gasteiger partial charge in [0, 0.05) is 25.3 Å². The first-order chi connectivity index (χ1) is 9.20. The molecule has 1 saturated heterocycles. The van der Waals surface area contributed by atoms with Crippen molar-refractivity contribution in [3.05, 3.63) is 0 Å². The molecule has 0 saturated carbocycles. The summed E-state index contributed by atoms with van der Waals surface area (Å²) in [5, 5.41) is 6.05. The standard InChI is InChI=1S/C13H25N3O2S/c1-3-5-6-12(17)16-10-19-9-11(16)13(18)15-8-7-14-4-2/h11,14H,3-10H2,1-2H3,(H,15,18). The maximum Gasteiger partial charge on any atom is 0.243 e. The number of carbonyl (C=O) groups is 2. The van der Waals surface area contributed by atoms with Crippen molar-refractivity contribution in [1.82, 2.24) is 15.5 Å². The normalized spacial score (nSPS) is 18.6. The van der Waals surface area contributed by atoms with Gasteiger partial charge in [-0.2, -0.15) is 0 Å². The van der Waals surface area contributed by atoms with E-state index in [1.54, 1.807) is 16.7 Å². The molecule has 1 fully saturated rings. The van der Waals surface area contributed by atoms with Crippen molar-refractivity contribution in [3.8, 4) is 0 Å². The highest BCUT2D eigenvalue weighted by molar-refractivity contribution is 7.99. The van der Waals surface area contributed by atoms with E-state index in [0.717, 1.165) is 25.9 Å². The summed E-state index contributed by atoms with van der Waals surface area (Å²) < 4.78 is 0. The first kappa shape index (κ1) is 16.3. The van der Waals surface area contributed by atoms with Gasteiger partial charge in [0.2, 0.25) is 11.8 Å². The number of thioether (sulfide) groups is 1. The van der Waals surface area contributed by atoms with E-state index in [2.05, 4.69) is 17.6 Å². The Morgan fingerprint density at radius 3 is 2.79 bits per heavy atom. The van der Waals surface area contributed by atoms with E-state index in [1.165, 1.54) is 0 Å².